The molecule has 2 aliphatic carbocycles. The van der Waals surface area contributed by atoms with Crippen LogP contribution >= 0.6 is 0 Å². The van der Waals surface area contributed by atoms with E-state index in [0.717, 1.165) is 44.5 Å². The van der Waals surface area contributed by atoms with Crippen molar-refractivity contribution < 1.29 is 104 Å². The highest BCUT2D eigenvalue weighted by atomic mass is 16.7. The van der Waals surface area contributed by atoms with Crippen molar-refractivity contribution in [1.82, 2.24) is 15.5 Å². The number of cyclic esters (lactones) is 1. The highest BCUT2D eigenvalue weighted by Crippen LogP contribution is 2.46. The SMILES string of the molecule is C[C@@H]1[C@H](O)[C@@H](C)/C=C/C=C/C=C/C=C/C=C/C=C/C=C/[C@H](O[C@@H]2O[C@H](C)[C@@H](O)[C@H](N(CCCNC(=O)OCC3c4ccccc4-c4ccccc43)CCCNC(=O)OCC3c4ccccc4-c4ccccc43)[C@@H]2O)C[C@@H]2O[C@](O)(C[C@@H](O)[C@H](O)CC[C@@H](O)C[C@@H](O)C[C@@H](O)CC(=O)O[C@H]1C)C[C@H](O)[C@H]2C(=O)O. The van der Waals surface area contributed by atoms with Crippen molar-refractivity contribution >= 4 is 24.1 Å². The Kier molecular flexibility index (Phi) is 31.4. The first-order valence-electron chi connectivity index (χ1n) is 37.3. The highest BCUT2D eigenvalue weighted by Gasteiger charge is 2.52. The van der Waals surface area contributed by atoms with Gasteiger partial charge >= 0.3 is 24.1 Å². The Morgan fingerprint density at radius 3 is 1.49 bits per heavy atom. The zero-order valence-electron chi connectivity index (χ0n) is 61.1. The zero-order chi connectivity index (χ0) is 76.7. The van der Waals surface area contributed by atoms with E-state index >= 15 is 0 Å². The highest BCUT2D eigenvalue weighted by molar-refractivity contribution is 5.80. The Labute approximate surface area is 625 Å². The lowest BCUT2D eigenvalue weighted by atomic mass is 9.82. The second kappa shape index (κ2) is 40.4. The summed E-state index contributed by atoms with van der Waals surface area (Å²) in [6, 6.07) is 30.8. The first kappa shape index (κ1) is 83.0. The molecule has 0 aromatic heterocycles. The fraction of sp³-hybridized carbons (Fsp3) is 0.494. The number of benzene rings is 4. The maximum absolute atomic E-state index is 13.4. The molecule has 0 saturated carbocycles. The van der Waals surface area contributed by atoms with Crippen molar-refractivity contribution in [3.8, 4) is 22.3 Å². The average molecular weight is 1480 g/mol. The van der Waals surface area contributed by atoms with E-state index in [1.165, 1.54) is 6.08 Å². The number of carboxylic acids is 1. The number of esters is 1. The minimum absolute atomic E-state index is 0.0882. The van der Waals surface area contributed by atoms with E-state index in [4.69, 9.17) is 28.4 Å². The second-order valence-corrected chi connectivity index (χ2v) is 28.7. The Hall–Kier alpha value is -8.02. The number of carbonyl (C=O) groups excluding carboxylic acids is 3. The van der Waals surface area contributed by atoms with Crippen LogP contribution in [0.25, 0.3) is 22.3 Å². The molecule has 5 aliphatic rings. The number of nitrogens with one attached hydrogen (secondary N) is 2. The van der Waals surface area contributed by atoms with E-state index in [9.17, 15) is 75.3 Å². The van der Waals surface area contributed by atoms with Crippen LogP contribution < -0.4 is 10.6 Å². The maximum Gasteiger partial charge on any atom is 0.407 e. The third-order valence-electron chi connectivity index (χ3n) is 20.8. The minimum Gasteiger partial charge on any atom is -0.481 e. The molecule has 19 atom stereocenters. The average Bonchev–Trinajstić information content (AvgIpc) is 1.71. The van der Waals surface area contributed by atoms with E-state index in [1.807, 2.05) is 115 Å². The Morgan fingerprint density at radius 1 is 0.533 bits per heavy atom. The fourth-order valence-corrected chi connectivity index (χ4v) is 15.0. The van der Waals surface area contributed by atoms with Crippen LogP contribution in [0, 0.1) is 17.8 Å². The lowest BCUT2D eigenvalue weighted by Gasteiger charge is -2.47. The number of aliphatic hydroxyl groups is 10. The van der Waals surface area contributed by atoms with Gasteiger partial charge in [-0.15, -0.1) is 0 Å². The van der Waals surface area contributed by atoms with Crippen molar-refractivity contribution in [1.29, 1.82) is 0 Å². The summed E-state index contributed by atoms with van der Waals surface area (Å²) in [5.74, 6) is -7.58. The summed E-state index contributed by atoms with van der Waals surface area (Å²) in [7, 11) is 0. The smallest absolute Gasteiger partial charge is 0.407 e. The summed E-state index contributed by atoms with van der Waals surface area (Å²) in [5.41, 5.74) is 8.52. The third kappa shape index (κ3) is 23.3. The number of aliphatic carboxylic acids is 1. The van der Waals surface area contributed by atoms with Gasteiger partial charge in [0, 0.05) is 69.1 Å². The van der Waals surface area contributed by atoms with Crippen LogP contribution in [0.5, 0.6) is 0 Å². The summed E-state index contributed by atoms with van der Waals surface area (Å²) in [5, 5.41) is 131. The number of rotatable bonds is 16. The molecule has 2 bridgehead atoms. The van der Waals surface area contributed by atoms with Crippen LogP contribution in [-0.4, -0.2) is 222 Å². The van der Waals surface area contributed by atoms with E-state index in [0.29, 0.717) is 0 Å². The van der Waals surface area contributed by atoms with E-state index in [1.54, 1.807) is 93.7 Å². The molecular formula is C83H107N3O21. The molecule has 9 rings (SSSR count). The molecule has 580 valence electrons. The van der Waals surface area contributed by atoms with Crippen LogP contribution in [0.2, 0.25) is 0 Å². The van der Waals surface area contributed by atoms with Gasteiger partial charge in [0.25, 0.3) is 0 Å². The molecule has 4 aromatic carbocycles. The third-order valence-corrected chi connectivity index (χ3v) is 20.8. The lowest BCUT2D eigenvalue weighted by molar-refractivity contribution is -0.313. The Bertz CT molecular complexity index is 3550. The first-order chi connectivity index (χ1) is 51.4. The number of carboxylic acid groups (broad SMARTS) is 1. The van der Waals surface area contributed by atoms with Gasteiger partial charge < -0.3 is 95.2 Å². The van der Waals surface area contributed by atoms with Crippen LogP contribution in [0.15, 0.2) is 182 Å². The van der Waals surface area contributed by atoms with Crippen molar-refractivity contribution in [2.24, 2.45) is 17.8 Å². The number of alkyl carbamates (subject to hydrolysis) is 2. The van der Waals surface area contributed by atoms with Gasteiger partial charge in [0.05, 0.1) is 79.6 Å². The summed E-state index contributed by atoms with van der Waals surface area (Å²) >= 11 is 0. The van der Waals surface area contributed by atoms with Gasteiger partial charge in [0.2, 0.25) is 0 Å². The van der Waals surface area contributed by atoms with Crippen LogP contribution in [0.4, 0.5) is 9.59 Å². The molecule has 24 nitrogen and oxygen atoms in total. The van der Waals surface area contributed by atoms with Gasteiger partial charge in [-0.1, -0.05) is 196 Å². The molecule has 13 N–H and O–H groups in total. The number of nitrogens with zero attached hydrogens (tertiary/aromatic N) is 1. The molecule has 3 aliphatic heterocycles. The summed E-state index contributed by atoms with van der Waals surface area (Å²) in [6.45, 7) is 7.53. The topological polar surface area (TPSA) is 373 Å². The normalized spacial score (nSPS) is 33.0. The van der Waals surface area contributed by atoms with Gasteiger partial charge in [0.15, 0.2) is 12.1 Å². The fourth-order valence-electron chi connectivity index (χ4n) is 15.0. The molecule has 24 heteroatoms. The minimum atomic E-state index is -2.47. The molecule has 0 radical (unpaired) electrons. The predicted octanol–water partition coefficient (Wildman–Crippen LogP) is 7.91. The number of ether oxygens (including phenoxy) is 6. The van der Waals surface area contributed by atoms with E-state index in [-0.39, 0.29) is 95.7 Å². The van der Waals surface area contributed by atoms with Crippen LogP contribution in [0.1, 0.15) is 126 Å². The van der Waals surface area contributed by atoms with E-state index in [2.05, 4.69) is 10.6 Å². The van der Waals surface area contributed by atoms with Crippen molar-refractivity contribution in [3.63, 3.8) is 0 Å². The summed E-state index contributed by atoms with van der Waals surface area (Å²) < 4.78 is 36.2. The number of carbonyl (C=O) groups is 4. The van der Waals surface area contributed by atoms with Gasteiger partial charge in [-0.3, -0.25) is 14.5 Å². The largest absolute Gasteiger partial charge is 0.481 e. The van der Waals surface area contributed by atoms with Gasteiger partial charge in [0.1, 0.15) is 31.3 Å². The van der Waals surface area contributed by atoms with Gasteiger partial charge in [-0.25, -0.2) is 9.59 Å². The molecule has 2 saturated heterocycles. The molecule has 0 spiro atoms. The van der Waals surface area contributed by atoms with Gasteiger partial charge in [-0.05, 0) is 96.9 Å². The Morgan fingerprint density at radius 2 is 0.991 bits per heavy atom. The molecule has 4 aromatic rings. The van der Waals surface area contributed by atoms with E-state index < -0.39 is 159 Å². The lowest BCUT2D eigenvalue weighted by Crippen LogP contribution is -2.64. The molecule has 3 heterocycles. The molecule has 2 amide bonds. The molecule has 0 unspecified atom stereocenters. The van der Waals surface area contributed by atoms with Crippen molar-refractivity contribution in [2.45, 2.75) is 201 Å². The first-order valence-corrected chi connectivity index (χ1v) is 37.3. The molecular weight excluding hydrogens is 1370 g/mol. The van der Waals surface area contributed by atoms with Crippen LogP contribution in [-0.2, 0) is 38.0 Å². The van der Waals surface area contributed by atoms with Crippen molar-refractivity contribution in [3.05, 3.63) is 204 Å². The molecule has 107 heavy (non-hydrogen) atoms. The number of allylic oxidation sites excluding steroid dienone is 12. The maximum atomic E-state index is 13.4. The number of aliphatic hydroxyl groups excluding tert-OH is 9. The Balaban J connectivity index is 0.915. The predicted molar refractivity (Wildman–Crippen MR) is 400 cm³/mol. The zero-order valence-corrected chi connectivity index (χ0v) is 61.1. The van der Waals surface area contributed by atoms with Crippen LogP contribution in [0.3, 0.4) is 0 Å². The monoisotopic (exact) mass is 1480 g/mol. The molecule has 2 fully saturated rings. The quantitative estimate of drug-likeness (QED) is 0.0288. The summed E-state index contributed by atoms with van der Waals surface area (Å²) in [6.07, 6.45) is 1.02. The second-order valence-electron chi connectivity index (χ2n) is 28.7. The number of fused-ring (bicyclic) bond motifs is 8. The summed E-state index contributed by atoms with van der Waals surface area (Å²) in [4.78, 5) is 54.6. The standard InChI is InChI=1S/C83H107N3O21/c1-51-27-15-13-11-9-7-5-6-8-10-12-14-16-28-58(46-72-74(79(97)98)71(92)48-83(101,107-72)47-70(91)69(90)38-37-55(87)43-56(88)44-57(89)45-73(93)104-53(3)52(2)76(51)94)106-80-78(96)75(77(95)54(4)105-80)86(41-25-39-84-81(99)102-49-67-63-33-21-17-29-59(63)60-30-18-22-34-64(60)67)42-26-40-85-82(100)103-50-68-65-35-23-19-31-61(65)62-32-20-24-36-66(62)68/h5-24,27-36,51-58,67-72,74-78,80,87-92,94-96,101H,25-26,37-50H2,1-4H3,(H,84,99)(H,85,100)(H,97,98)/b6-5+,9-7+,10-8+,13-11+,14-12+,27-15+,28-16+/t51-,52-,53-,54+,55+,56+,57+,58-,69+,70+,71-,72-,74+,75-,76+,77+,78-,80-,83+/m0/s1. The number of hydrogen-bond acceptors (Lipinski definition) is 21. The number of hydrogen-bond donors (Lipinski definition) is 13. The van der Waals surface area contributed by atoms with Crippen molar-refractivity contribution in [2.75, 3.05) is 39.4 Å². The van der Waals surface area contributed by atoms with Gasteiger partial charge in [-0.2, -0.15) is 0 Å². The number of amides is 2.